The summed E-state index contributed by atoms with van der Waals surface area (Å²) in [5.41, 5.74) is 1.99. The van der Waals surface area contributed by atoms with E-state index < -0.39 is 5.97 Å². The maximum Gasteiger partial charge on any atom is 0.338 e. The van der Waals surface area contributed by atoms with Crippen molar-refractivity contribution in [2.24, 2.45) is 0 Å². The van der Waals surface area contributed by atoms with Gasteiger partial charge in [0.2, 0.25) is 0 Å². The molecule has 86 valence electrons. The minimum Gasteiger partial charge on any atom is -0.465 e. The normalized spacial score (nSPS) is 9.94. The number of carbonyl (C=O) groups excluding carboxylic acids is 2. The molecule has 0 aliphatic rings. The molecule has 3 nitrogen and oxygen atoms in total. The van der Waals surface area contributed by atoms with Crippen LogP contribution >= 0.6 is 11.6 Å². The Bertz CT molecular complexity index is 413. The van der Waals surface area contributed by atoms with Crippen molar-refractivity contribution in [3.63, 3.8) is 0 Å². The van der Waals surface area contributed by atoms with Crippen LogP contribution in [-0.4, -0.2) is 18.9 Å². The van der Waals surface area contributed by atoms with Gasteiger partial charge in [0, 0.05) is 12.3 Å². The fourth-order valence-electron chi connectivity index (χ4n) is 1.46. The van der Waals surface area contributed by atoms with Gasteiger partial charge in [0.1, 0.15) is 5.78 Å². The van der Waals surface area contributed by atoms with Crippen LogP contribution in [0.15, 0.2) is 18.2 Å². The third-order valence-electron chi connectivity index (χ3n) is 2.17. The molecule has 0 aromatic heterocycles. The number of Topliss-reactive ketones (excluding diaryl/α,β-unsaturated/α-hetero) is 1. The van der Waals surface area contributed by atoms with Crippen molar-refractivity contribution in [2.45, 2.75) is 19.2 Å². The van der Waals surface area contributed by atoms with Crippen molar-refractivity contribution >= 4 is 23.4 Å². The van der Waals surface area contributed by atoms with E-state index in [9.17, 15) is 9.59 Å². The number of methoxy groups -OCH3 is 1. The number of ketones is 1. The van der Waals surface area contributed by atoms with Crippen LogP contribution in [0, 0.1) is 0 Å². The average molecular weight is 241 g/mol. The number of ether oxygens (including phenoxy) is 1. The largest absolute Gasteiger partial charge is 0.465 e. The quantitative estimate of drug-likeness (QED) is 0.599. The van der Waals surface area contributed by atoms with Crippen molar-refractivity contribution in [3.8, 4) is 0 Å². The SMILES string of the molecule is COC(=O)c1ccc(CC(C)=O)cc1CCl. The Morgan fingerprint density at radius 1 is 1.38 bits per heavy atom. The van der Waals surface area contributed by atoms with Gasteiger partial charge in [-0.2, -0.15) is 0 Å². The van der Waals surface area contributed by atoms with Gasteiger partial charge in [0.15, 0.2) is 0 Å². The van der Waals surface area contributed by atoms with E-state index in [2.05, 4.69) is 4.74 Å². The van der Waals surface area contributed by atoms with Crippen LogP contribution in [0.4, 0.5) is 0 Å². The van der Waals surface area contributed by atoms with E-state index in [4.69, 9.17) is 11.6 Å². The van der Waals surface area contributed by atoms with Crippen molar-refractivity contribution < 1.29 is 14.3 Å². The molecule has 0 atom stereocenters. The van der Waals surface area contributed by atoms with Crippen LogP contribution in [0.3, 0.4) is 0 Å². The summed E-state index contributed by atoms with van der Waals surface area (Å²) < 4.78 is 4.64. The molecule has 0 saturated carbocycles. The predicted molar refractivity (Wildman–Crippen MR) is 61.7 cm³/mol. The molecule has 1 aromatic carbocycles. The van der Waals surface area contributed by atoms with Crippen LogP contribution in [0.5, 0.6) is 0 Å². The molecule has 0 amide bonds. The second-order valence-electron chi connectivity index (χ2n) is 3.50. The number of hydrogen-bond donors (Lipinski definition) is 0. The van der Waals surface area contributed by atoms with Crippen LogP contribution < -0.4 is 0 Å². The maximum absolute atomic E-state index is 11.4. The summed E-state index contributed by atoms with van der Waals surface area (Å²) in [6.45, 7) is 1.52. The first-order chi connectivity index (χ1) is 7.58. The Morgan fingerprint density at radius 3 is 2.56 bits per heavy atom. The minimum atomic E-state index is -0.412. The molecule has 16 heavy (non-hydrogen) atoms. The number of esters is 1. The summed E-state index contributed by atoms with van der Waals surface area (Å²) in [6.07, 6.45) is 0.353. The Morgan fingerprint density at radius 2 is 2.06 bits per heavy atom. The third-order valence-corrected chi connectivity index (χ3v) is 2.46. The number of alkyl halides is 1. The van der Waals surface area contributed by atoms with Gasteiger partial charge in [-0.3, -0.25) is 4.79 Å². The molecule has 0 aliphatic heterocycles. The number of rotatable bonds is 4. The predicted octanol–water partition coefficient (Wildman–Crippen LogP) is 2.34. The van der Waals surface area contributed by atoms with E-state index >= 15 is 0 Å². The van der Waals surface area contributed by atoms with Crippen LogP contribution in [0.2, 0.25) is 0 Å². The molecule has 1 aromatic rings. The molecule has 0 spiro atoms. The monoisotopic (exact) mass is 240 g/mol. The van der Waals surface area contributed by atoms with Gasteiger partial charge in [0.05, 0.1) is 12.7 Å². The van der Waals surface area contributed by atoms with Gasteiger partial charge in [-0.15, -0.1) is 11.6 Å². The Kier molecular flexibility index (Phi) is 4.50. The molecule has 0 heterocycles. The molecule has 0 fully saturated rings. The zero-order valence-electron chi connectivity index (χ0n) is 9.25. The first kappa shape index (κ1) is 12.7. The van der Waals surface area contributed by atoms with Gasteiger partial charge in [-0.25, -0.2) is 4.79 Å². The van der Waals surface area contributed by atoms with Crippen molar-refractivity contribution in [1.29, 1.82) is 0 Å². The van der Waals surface area contributed by atoms with Crippen LogP contribution in [-0.2, 0) is 21.8 Å². The number of benzene rings is 1. The highest BCUT2D eigenvalue weighted by atomic mass is 35.5. The molecule has 0 saturated heterocycles. The highest BCUT2D eigenvalue weighted by Gasteiger charge is 2.12. The average Bonchev–Trinajstić information content (AvgIpc) is 2.27. The van der Waals surface area contributed by atoms with Crippen molar-refractivity contribution in [1.82, 2.24) is 0 Å². The number of hydrogen-bond acceptors (Lipinski definition) is 3. The lowest BCUT2D eigenvalue weighted by Crippen LogP contribution is -2.06. The molecule has 0 N–H and O–H groups in total. The first-order valence-corrected chi connectivity index (χ1v) is 5.37. The van der Waals surface area contributed by atoms with Crippen molar-refractivity contribution in [2.75, 3.05) is 7.11 Å². The van der Waals surface area contributed by atoms with Gasteiger partial charge in [-0.05, 0) is 24.1 Å². The lowest BCUT2D eigenvalue weighted by molar-refractivity contribution is -0.116. The molecule has 1 rings (SSSR count). The second kappa shape index (κ2) is 5.66. The third kappa shape index (κ3) is 3.07. The smallest absolute Gasteiger partial charge is 0.338 e. The summed E-state index contributed by atoms with van der Waals surface area (Å²) in [4.78, 5) is 22.3. The standard InChI is InChI=1S/C12H13ClO3/c1-8(14)5-9-3-4-11(12(15)16-2)10(6-9)7-13/h3-4,6H,5,7H2,1-2H3. The van der Waals surface area contributed by atoms with E-state index in [1.165, 1.54) is 14.0 Å². The number of halogens is 1. The van der Waals surface area contributed by atoms with Gasteiger partial charge in [-0.1, -0.05) is 12.1 Å². The van der Waals surface area contributed by atoms with E-state index in [0.717, 1.165) is 5.56 Å². The van der Waals surface area contributed by atoms with Gasteiger partial charge in [0.25, 0.3) is 0 Å². The Balaban J connectivity index is 3.06. The van der Waals surface area contributed by atoms with E-state index in [1.807, 2.05) is 0 Å². The summed E-state index contributed by atoms with van der Waals surface area (Å²) in [7, 11) is 1.32. The van der Waals surface area contributed by atoms with Crippen LogP contribution in [0.25, 0.3) is 0 Å². The van der Waals surface area contributed by atoms with Gasteiger partial charge >= 0.3 is 5.97 Å². The summed E-state index contributed by atoms with van der Waals surface area (Å²) in [6, 6.07) is 5.15. The molecular formula is C12H13ClO3. The molecule has 0 radical (unpaired) electrons. The van der Waals surface area contributed by atoms with E-state index in [0.29, 0.717) is 17.5 Å². The lowest BCUT2D eigenvalue weighted by atomic mass is 10.0. The van der Waals surface area contributed by atoms with Crippen LogP contribution in [0.1, 0.15) is 28.4 Å². The Labute approximate surface area is 99.4 Å². The summed E-state index contributed by atoms with van der Waals surface area (Å²) >= 11 is 5.75. The first-order valence-electron chi connectivity index (χ1n) is 4.84. The minimum absolute atomic E-state index is 0.0753. The highest BCUT2D eigenvalue weighted by molar-refractivity contribution is 6.17. The summed E-state index contributed by atoms with van der Waals surface area (Å²) in [5, 5.41) is 0. The zero-order chi connectivity index (χ0) is 12.1. The Hall–Kier alpha value is -1.35. The van der Waals surface area contributed by atoms with E-state index in [1.54, 1.807) is 18.2 Å². The second-order valence-corrected chi connectivity index (χ2v) is 3.76. The van der Waals surface area contributed by atoms with Gasteiger partial charge < -0.3 is 4.74 Å². The maximum atomic E-state index is 11.4. The van der Waals surface area contributed by atoms with Crippen molar-refractivity contribution in [3.05, 3.63) is 34.9 Å². The molecule has 0 unspecified atom stereocenters. The molecule has 0 aliphatic carbocycles. The molecular weight excluding hydrogens is 228 g/mol. The molecule has 0 bridgehead atoms. The number of carbonyl (C=O) groups is 2. The topological polar surface area (TPSA) is 43.4 Å². The lowest BCUT2D eigenvalue weighted by Gasteiger charge is -2.07. The highest BCUT2D eigenvalue weighted by Crippen LogP contribution is 2.16. The summed E-state index contributed by atoms with van der Waals surface area (Å²) in [5.74, 6) is -0.118. The zero-order valence-corrected chi connectivity index (χ0v) is 10.0. The molecule has 4 heteroatoms. The fourth-order valence-corrected chi connectivity index (χ4v) is 1.69. The fraction of sp³-hybridized carbons (Fsp3) is 0.333. The van der Waals surface area contributed by atoms with E-state index in [-0.39, 0.29) is 11.7 Å².